The lowest BCUT2D eigenvalue weighted by Gasteiger charge is -2.09. The summed E-state index contributed by atoms with van der Waals surface area (Å²) in [5, 5.41) is 17.8. The van der Waals surface area contributed by atoms with E-state index in [9.17, 15) is 24.5 Å². The third-order valence-electron chi connectivity index (χ3n) is 2.84. The summed E-state index contributed by atoms with van der Waals surface area (Å²) >= 11 is 0. The SMILES string of the molecule is CC(=O)Oc1ccc(OC(=O)CCCCO[N+](=O)[O-])c(C=CC(=O)O)c1. The summed E-state index contributed by atoms with van der Waals surface area (Å²) in [6.45, 7) is 1.09. The minimum absolute atomic E-state index is 0.00510. The first-order valence-corrected chi connectivity index (χ1v) is 7.49. The van der Waals surface area contributed by atoms with Gasteiger partial charge in [0.2, 0.25) is 0 Å². The third kappa shape index (κ3) is 8.43. The van der Waals surface area contributed by atoms with E-state index in [1.165, 1.54) is 31.2 Å². The molecule has 0 radical (unpaired) electrons. The van der Waals surface area contributed by atoms with Gasteiger partial charge in [0.1, 0.15) is 11.5 Å². The third-order valence-corrected chi connectivity index (χ3v) is 2.84. The van der Waals surface area contributed by atoms with Crippen LogP contribution in [0.3, 0.4) is 0 Å². The van der Waals surface area contributed by atoms with Gasteiger partial charge in [-0.05, 0) is 37.1 Å². The Morgan fingerprint density at radius 3 is 2.58 bits per heavy atom. The molecule has 0 fully saturated rings. The summed E-state index contributed by atoms with van der Waals surface area (Å²) in [6, 6.07) is 4.12. The van der Waals surface area contributed by atoms with Gasteiger partial charge in [-0.25, -0.2) is 4.79 Å². The highest BCUT2D eigenvalue weighted by atomic mass is 16.9. The van der Waals surface area contributed by atoms with Gasteiger partial charge in [-0.1, -0.05) is 0 Å². The molecule has 140 valence electrons. The Kier molecular flexibility index (Phi) is 8.28. The van der Waals surface area contributed by atoms with E-state index >= 15 is 0 Å². The predicted octanol–water partition coefficient (Wildman–Crippen LogP) is 1.99. The topological polar surface area (TPSA) is 142 Å². The number of rotatable bonds is 10. The monoisotopic (exact) mass is 367 g/mol. The van der Waals surface area contributed by atoms with Crippen molar-refractivity contribution in [1.82, 2.24) is 0 Å². The van der Waals surface area contributed by atoms with Crippen LogP contribution >= 0.6 is 0 Å². The minimum Gasteiger partial charge on any atom is -0.478 e. The maximum Gasteiger partial charge on any atom is 0.328 e. The fraction of sp³-hybridized carbons (Fsp3) is 0.312. The number of carbonyl (C=O) groups excluding carboxylic acids is 2. The van der Waals surface area contributed by atoms with Crippen molar-refractivity contribution in [2.75, 3.05) is 6.61 Å². The summed E-state index contributed by atoms with van der Waals surface area (Å²) in [5.41, 5.74) is 0.233. The highest BCUT2D eigenvalue weighted by molar-refractivity contribution is 5.86. The zero-order valence-electron chi connectivity index (χ0n) is 13.9. The molecular weight excluding hydrogens is 350 g/mol. The largest absolute Gasteiger partial charge is 0.478 e. The van der Waals surface area contributed by atoms with Gasteiger partial charge >= 0.3 is 17.9 Å². The van der Waals surface area contributed by atoms with Crippen molar-refractivity contribution in [2.24, 2.45) is 0 Å². The smallest absolute Gasteiger partial charge is 0.328 e. The molecule has 0 saturated heterocycles. The molecule has 26 heavy (non-hydrogen) atoms. The van der Waals surface area contributed by atoms with Crippen LogP contribution in [-0.4, -0.2) is 34.7 Å². The van der Waals surface area contributed by atoms with E-state index in [0.29, 0.717) is 12.8 Å². The number of aliphatic carboxylic acids is 1. The number of hydrogen-bond acceptors (Lipinski definition) is 8. The second-order valence-corrected chi connectivity index (χ2v) is 4.95. The van der Waals surface area contributed by atoms with E-state index in [1.807, 2.05) is 0 Å². The van der Waals surface area contributed by atoms with Crippen LogP contribution in [0.25, 0.3) is 6.08 Å². The van der Waals surface area contributed by atoms with Crippen LogP contribution < -0.4 is 9.47 Å². The fourth-order valence-corrected chi connectivity index (χ4v) is 1.82. The molecule has 0 saturated carbocycles. The normalized spacial score (nSPS) is 10.3. The standard InChI is InChI=1S/C16H17NO9/c1-11(18)25-13-6-7-14(12(10-13)5-8-15(19)20)26-16(21)4-2-3-9-24-17(22)23/h5-8,10H,2-4,9H2,1H3,(H,19,20). The highest BCUT2D eigenvalue weighted by Gasteiger charge is 2.11. The maximum atomic E-state index is 11.8. The molecule has 0 aliphatic heterocycles. The molecule has 1 rings (SSSR count). The van der Waals surface area contributed by atoms with Crippen molar-refractivity contribution >= 4 is 24.0 Å². The molecule has 1 aromatic rings. The first-order chi connectivity index (χ1) is 12.3. The van der Waals surface area contributed by atoms with Gasteiger partial charge in [-0.2, -0.15) is 0 Å². The van der Waals surface area contributed by atoms with E-state index < -0.39 is 23.0 Å². The molecule has 1 N–H and O–H groups in total. The average Bonchev–Trinajstić information content (AvgIpc) is 2.53. The van der Waals surface area contributed by atoms with Gasteiger partial charge in [0.05, 0.1) is 6.61 Å². The van der Waals surface area contributed by atoms with Crippen LogP contribution in [0.1, 0.15) is 31.7 Å². The number of unbranched alkanes of at least 4 members (excludes halogenated alkanes) is 1. The molecule has 0 unspecified atom stereocenters. The predicted molar refractivity (Wildman–Crippen MR) is 86.9 cm³/mol. The molecule has 10 heteroatoms. The Morgan fingerprint density at radius 2 is 1.96 bits per heavy atom. The van der Waals surface area contributed by atoms with Crippen LogP contribution in [0.4, 0.5) is 0 Å². The van der Waals surface area contributed by atoms with Crippen molar-refractivity contribution in [3.8, 4) is 11.5 Å². The maximum absolute atomic E-state index is 11.8. The minimum atomic E-state index is -1.20. The van der Waals surface area contributed by atoms with Crippen molar-refractivity contribution in [3.05, 3.63) is 40.0 Å². The van der Waals surface area contributed by atoms with Crippen LogP contribution in [0, 0.1) is 10.1 Å². The molecule has 10 nitrogen and oxygen atoms in total. The summed E-state index contributed by atoms with van der Waals surface area (Å²) in [4.78, 5) is 47.6. The number of carboxylic acid groups (broad SMARTS) is 1. The summed E-state index contributed by atoms with van der Waals surface area (Å²) in [6.07, 6.45) is 2.66. The van der Waals surface area contributed by atoms with Crippen LogP contribution in [0.15, 0.2) is 24.3 Å². The summed E-state index contributed by atoms with van der Waals surface area (Å²) < 4.78 is 10.1. The Balaban J connectivity index is 2.73. The van der Waals surface area contributed by atoms with Gasteiger partial charge in [-0.15, -0.1) is 10.1 Å². The molecule has 1 aromatic carbocycles. The number of carbonyl (C=O) groups is 3. The molecule has 0 aliphatic carbocycles. The lowest BCUT2D eigenvalue weighted by atomic mass is 10.1. The number of nitrogens with zero attached hydrogens (tertiary/aromatic N) is 1. The summed E-state index contributed by atoms with van der Waals surface area (Å²) in [7, 11) is 0. The Bertz CT molecular complexity index is 712. The van der Waals surface area contributed by atoms with Gasteiger partial charge in [-0.3, -0.25) is 9.59 Å². The van der Waals surface area contributed by atoms with E-state index in [4.69, 9.17) is 14.6 Å². The van der Waals surface area contributed by atoms with Crippen molar-refractivity contribution in [1.29, 1.82) is 0 Å². The van der Waals surface area contributed by atoms with Crippen molar-refractivity contribution in [3.63, 3.8) is 0 Å². The van der Waals surface area contributed by atoms with Crippen LogP contribution in [0.2, 0.25) is 0 Å². The van der Waals surface area contributed by atoms with E-state index in [-0.39, 0.29) is 30.1 Å². The van der Waals surface area contributed by atoms with E-state index in [1.54, 1.807) is 0 Å². The zero-order chi connectivity index (χ0) is 19.5. The number of hydrogen-bond donors (Lipinski definition) is 1. The number of ether oxygens (including phenoxy) is 2. The molecule has 0 aliphatic rings. The van der Waals surface area contributed by atoms with Gasteiger partial charge < -0.3 is 19.4 Å². The van der Waals surface area contributed by atoms with Crippen molar-refractivity contribution < 1.29 is 38.9 Å². The van der Waals surface area contributed by atoms with Gasteiger partial charge in [0.15, 0.2) is 0 Å². The number of benzene rings is 1. The van der Waals surface area contributed by atoms with E-state index in [0.717, 1.165) is 6.08 Å². The lowest BCUT2D eigenvalue weighted by molar-refractivity contribution is -0.757. The fourth-order valence-electron chi connectivity index (χ4n) is 1.82. The molecule has 0 spiro atoms. The van der Waals surface area contributed by atoms with E-state index in [2.05, 4.69) is 4.84 Å². The zero-order valence-corrected chi connectivity index (χ0v) is 13.9. The quantitative estimate of drug-likeness (QED) is 0.164. The second kappa shape index (κ2) is 10.4. The highest BCUT2D eigenvalue weighted by Crippen LogP contribution is 2.26. The van der Waals surface area contributed by atoms with Crippen LogP contribution in [-0.2, 0) is 19.2 Å². The molecular formula is C16H17NO9. The molecule has 0 atom stereocenters. The van der Waals surface area contributed by atoms with Gasteiger partial charge in [0, 0.05) is 25.0 Å². The Morgan fingerprint density at radius 1 is 1.23 bits per heavy atom. The average molecular weight is 367 g/mol. The van der Waals surface area contributed by atoms with Crippen molar-refractivity contribution in [2.45, 2.75) is 26.2 Å². The van der Waals surface area contributed by atoms with Crippen LogP contribution in [0.5, 0.6) is 11.5 Å². The molecule has 0 bridgehead atoms. The Hall–Kier alpha value is -3.43. The molecule has 0 amide bonds. The molecule has 0 aromatic heterocycles. The van der Waals surface area contributed by atoms with Gasteiger partial charge in [0.25, 0.3) is 5.09 Å². The number of esters is 2. The Labute approximate surface area is 148 Å². The number of carboxylic acids is 1. The first kappa shape index (κ1) is 20.6. The second-order valence-electron chi connectivity index (χ2n) is 4.95. The first-order valence-electron chi connectivity index (χ1n) is 7.49. The molecule has 0 heterocycles. The summed E-state index contributed by atoms with van der Waals surface area (Å²) in [5.74, 6) is -2.11. The lowest BCUT2D eigenvalue weighted by Crippen LogP contribution is -2.10.